The first-order valence-electron chi connectivity index (χ1n) is 14.8. The van der Waals surface area contributed by atoms with E-state index < -0.39 is 17.7 Å². The van der Waals surface area contributed by atoms with Gasteiger partial charge in [0.25, 0.3) is 0 Å². The average Bonchev–Trinajstić information content (AvgIpc) is 3.65. The smallest absolute Gasteiger partial charge is 0.408 e. The third-order valence-corrected chi connectivity index (χ3v) is 8.00. The van der Waals surface area contributed by atoms with E-state index in [1.54, 1.807) is 44.5 Å². The van der Waals surface area contributed by atoms with Crippen molar-refractivity contribution in [2.75, 3.05) is 24.6 Å². The monoisotopic (exact) mass is 589 g/mol. The van der Waals surface area contributed by atoms with E-state index in [2.05, 4.69) is 41.3 Å². The molecule has 1 aromatic carbocycles. The Balaban J connectivity index is 1.16. The Bertz CT molecular complexity index is 1590. The van der Waals surface area contributed by atoms with E-state index >= 15 is 0 Å². The van der Waals surface area contributed by atoms with Crippen molar-refractivity contribution in [3.63, 3.8) is 0 Å². The van der Waals surface area contributed by atoms with Crippen LogP contribution in [0, 0.1) is 0 Å². The SMILES string of the molecule is Cn1[nH]c2ncnc(N3CCC[C@@H]3COc3cccc4c3CN(C(=O)[C@@H](Cc3cnc[nH]3)NC(=O)OC(C)(C)C)CC4)c21. The van der Waals surface area contributed by atoms with Crippen LogP contribution in [0.4, 0.5) is 10.6 Å². The lowest BCUT2D eigenvalue weighted by atomic mass is 9.97. The molecule has 2 amide bonds. The molecule has 0 unspecified atom stereocenters. The molecule has 1 fully saturated rings. The molecule has 2 atom stereocenters. The van der Waals surface area contributed by atoms with Crippen LogP contribution in [0.2, 0.25) is 0 Å². The minimum atomic E-state index is -0.810. The molecule has 1 saturated heterocycles. The van der Waals surface area contributed by atoms with Gasteiger partial charge in [-0.15, -0.1) is 0 Å². The van der Waals surface area contributed by atoms with Gasteiger partial charge in [-0.3, -0.25) is 14.6 Å². The lowest BCUT2D eigenvalue weighted by molar-refractivity contribution is -0.134. The van der Waals surface area contributed by atoms with Crippen LogP contribution >= 0.6 is 0 Å². The minimum Gasteiger partial charge on any atom is -0.491 e. The molecule has 2 aliphatic heterocycles. The molecule has 13 heteroatoms. The van der Waals surface area contributed by atoms with E-state index in [0.29, 0.717) is 26.1 Å². The Morgan fingerprint density at radius 3 is 2.84 bits per heavy atom. The fourth-order valence-electron chi connectivity index (χ4n) is 5.97. The number of aryl methyl sites for hydroxylation is 1. The molecule has 0 saturated carbocycles. The number of fused-ring (bicyclic) bond motifs is 2. The van der Waals surface area contributed by atoms with Crippen LogP contribution in [0.15, 0.2) is 37.1 Å². The number of hydrogen-bond donors (Lipinski definition) is 3. The number of imidazole rings is 1. The molecule has 0 aliphatic carbocycles. The zero-order chi connectivity index (χ0) is 30.1. The Hall–Kier alpha value is -4.55. The van der Waals surface area contributed by atoms with Gasteiger partial charge < -0.3 is 29.6 Å². The summed E-state index contributed by atoms with van der Waals surface area (Å²) in [7, 11) is 1.96. The third kappa shape index (κ3) is 6.15. The summed E-state index contributed by atoms with van der Waals surface area (Å²) in [6.07, 6.45) is 7.21. The van der Waals surface area contributed by atoms with E-state index in [9.17, 15) is 9.59 Å². The van der Waals surface area contributed by atoms with Gasteiger partial charge in [0.2, 0.25) is 5.91 Å². The fourth-order valence-corrected chi connectivity index (χ4v) is 5.97. The average molecular weight is 590 g/mol. The van der Waals surface area contributed by atoms with Crippen LogP contribution in [0.5, 0.6) is 5.75 Å². The number of carbonyl (C=O) groups excluding carboxylic acids is 2. The van der Waals surface area contributed by atoms with Gasteiger partial charge in [0.1, 0.15) is 35.8 Å². The number of aromatic nitrogens is 6. The van der Waals surface area contributed by atoms with E-state index in [1.807, 2.05) is 23.9 Å². The maximum atomic E-state index is 13.9. The number of H-pyrrole nitrogens is 2. The topological polar surface area (TPSA) is 146 Å². The molecule has 3 aromatic heterocycles. The maximum Gasteiger partial charge on any atom is 0.408 e. The first kappa shape index (κ1) is 28.6. The van der Waals surface area contributed by atoms with Gasteiger partial charge in [-0.1, -0.05) is 12.1 Å². The third-order valence-electron chi connectivity index (χ3n) is 8.00. The van der Waals surface area contributed by atoms with Crippen LogP contribution in [0.25, 0.3) is 11.2 Å². The van der Waals surface area contributed by atoms with Gasteiger partial charge in [-0.25, -0.2) is 19.7 Å². The van der Waals surface area contributed by atoms with Crippen molar-refractivity contribution in [2.45, 2.75) is 70.7 Å². The van der Waals surface area contributed by atoms with Crippen molar-refractivity contribution in [2.24, 2.45) is 7.05 Å². The quantitative estimate of drug-likeness (QED) is 0.284. The molecule has 6 rings (SSSR count). The Morgan fingerprint density at radius 2 is 2.07 bits per heavy atom. The zero-order valence-electron chi connectivity index (χ0n) is 25.1. The predicted molar refractivity (Wildman–Crippen MR) is 160 cm³/mol. The summed E-state index contributed by atoms with van der Waals surface area (Å²) >= 11 is 0. The number of alkyl carbamates (subject to hydrolysis) is 1. The molecule has 0 bridgehead atoms. The molecule has 5 heterocycles. The highest BCUT2D eigenvalue weighted by atomic mass is 16.6. The van der Waals surface area contributed by atoms with Gasteiger partial charge in [0.05, 0.1) is 12.4 Å². The van der Waals surface area contributed by atoms with Gasteiger partial charge in [0, 0.05) is 50.6 Å². The number of rotatable bonds is 8. The van der Waals surface area contributed by atoms with E-state index in [1.165, 1.54) is 5.56 Å². The molecular formula is C30H39N9O4. The highest BCUT2D eigenvalue weighted by Crippen LogP contribution is 2.32. The molecule has 0 spiro atoms. The van der Waals surface area contributed by atoms with Gasteiger partial charge >= 0.3 is 6.09 Å². The van der Waals surface area contributed by atoms with Crippen LogP contribution in [0.3, 0.4) is 0 Å². The molecule has 4 aromatic rings. The largest absolute Gasteiger partial charge is 0.491 e. The molecule has 13 nitrogen and oxygen atoms in total. The van der Waals surface area contributed by atoms with Crippen molar-refractivity contribution < 1.29 is 19.1 Å². The van der Waals surface area contributed by atoms with Crippen molar-refractivity contribution >= 4 is 29.0 Å². The van der Waals surface area contributed by atoms with Gasteiger partial charge in [0.15, 0.2) is 11.5 Å². The molecule has 43 heavy (non-hydrogen) atoms. The zero-order valence-corrected chi connectivity index (χ0v) is 25.1. The minimum absolute atomic E-state index is 0.169. The van der Waals surface area contributed by atoms with Crippen LogP contribution < -0.4 is 15.0 Å². The summed E-state index contributed by atoms with van der Waals surface area (Å²) < 4.78 is 13.9. The summed E-state index contributed by atoms with van der Waals surface area (Å²) in [5.41, 5.74) is 4.08. The van der Waals surface area contributed by atoms with Gasteiger partial charge in [-0.2, -0.15) is 0 Å². The number of nitrogens with zero attached hydrogens (tertiary/aromatic N) is 6. The van der Waals surface area contributed by atoms with Crippen molar-refractivity contribution in [1.29, 1.82) is 0 Å². The highest BCUT2D eigenvalue weighted by molar-refractivity contribution is 5.86. The fraction of sp³-hybridized carbons (Fsp3) is 0.500. The van der Waals surface area contributed by atoms with E-state index in [4.69, 9.17) is 9.47 Å². The number of aromatic amines is 2. The summed E-state index contributed by atoms with van der Waals surface area (Å²) in [5.74, 6) is 1.52. The number of carbonyl (C=O) groups is 2. The second kappa shape index (κ2) is 11.6. The molecule has 3 N–H and O–H groups in total. The van der Waals surface area contributed by atoms with Crippen LogP contribution in [0.1, 0.15) is 50.4 Å². The van der Waals surface area contributed by atoms with E-state index in [-0.39, 0.29) is 18.4 Å². The van der Waals surface area contributed by atoms with Crippen molar-refractivity contribution in [3.05, 3.63) is 53.9 Å². The second-order valence-electron chi connectivity index (χ2n) is 12.2. The number of ether oxygens (including phenoxy) is 2. The number of amides is 2. The first-order valence-corrected chi connectivity index (χ1v) is 14.8. The molecule has 2 aliphatic rings. The normalized spacial score (nSPS) is 17.6. The molecule has 0 radical (unpaired) electrons. The first-order chi connectivity index (χ1) is 20.7. The lowest BCUT2D eigenvalue weighted by Crippen LogP contribution is -2.51. The summed E-state index contributed by atoms with van der Waals surface area (Å²) in [6.45, 7) is 7.72. The Morgan fingerprint density at radius 1 is 1.21 bits per heavy atom. The summed E-state index contributed by atoms with van der Waals surface area (Å²) in [4.78, 5) is 46.6. The van der Waals surface area contributed by atoms with Crippen molar-refractivity contribution in [1.82, 2.24) is 39.9 Å². The standard InChI is InChI=1S/C30H39N9O4/c1-30(2,3)43-29(41)35-23(13-20-14-31-17-32-20)28(40)38-12-10-19-7-5-9-24(22(19)15-38)42-16-21-8-6-11-39(21)27-25-26(33-18-34-27)36-37(25)4/h5,7,9,14,17-18,21,23H,6,8,10-13,15-16H2,1-4H3,(H,31,32)(H,35,41)(H,33,34,36)/t21-,23-/m1/s1. The highest BCUT2D eigenvalue weighted by Gasteiger charge is 2.33. The molecular weight excluding hydrogens is 550 g/mol. The number of benzene rings is 1. The second-order valence-corrected chi connectivity index (χ2v) is 12.2. The number of anilines is 1. The number of nitrogens with one attached hydrogen (secondary N) is 3. The Kier molecular flexibility index (Phi) is 7.72. The van der Waals surface area contributed by atoms with E-state index in [0.717, 1.165) is 53.4 Å². The van der Waals surface area contributed by atoms with Crippen LogP contribution in [-0.4, -0.2) is 84.0 Å². The summed E-state index contributed by atoms with van der Waals surface area (Å²) in [6, 6.07) is 5.44. The number of hydrogen-bond acceptors (Lipinski definition) is 8. The van der Waals surface area contributed by atoms with Crippen molar-refractivity contribution in [3.8, 4) is 5.75 Å². The predicted octanol–water partition coefficient (Wildman–Crippen LogP) is 3.09. The summed E-state index contributed by atoms with van der Waals surface area (Å²) in [5, 5.41) is 5.96. The van der Waals surface area contributed by atoms with Gasteiger partial charge in [-0.05, 0) is 51.7 Å². The maximum absolute atomic E-state index is 13.9. The Labute approximate surface area is 250 Å². The molecule has 228 valence electrons. The van der Waals surface area contributed by atoms with Crippen LogP contribution in [-0.2, 0) is 36.0 Å². The lowest BCUT2D eigenvalue weighted by Gasteiger charge is -2.33.